The number of aliphatic imine (C=N–C) groups is 1. The molecule has 0 radical (unpaired) electrons. The first kappa shape index (κ1) is 5.44. The third-order valence-corrected chi connectivity index (χ3v) is 1.72. The van der Waals surface area contributed by atoms with Gasteiger partial charge >= 0.3 is 0 Å². The number of hydrogen-bond donors (Lipinski definition) is 0. The fraction of sp³-hybridized carbons (Fsp3) is 0.333. The Balaban J connectivity index is 2.83. The van der Waals surface area contributed by atoms with Crippen molar-refractivity contribution in [1.29, 1.82) is 0 Å². The molecule has 38 valence electrons. The predicted molar refractivity (Wildman–Crippen MR) is 34.1 cm³/mol. The standard InChI is InChI=1S/C3HBr2NO/c4-3(5)1-6-2(3)7/h1H. The minimum atomic E-state index is -0.625. The Morgan fingerprint density at radius 3 is 2.14 bits per heavy atom. The fourth-order valence-electron chi connectivity index (χ4n) is 0.215. The molecule has 1 amide bonds. The van der Waals surface area contributed by atoms with Crippen molar-refractivity contribution in [3.63, 3.8) is 0 Å². The summed E-state index contributed by atoms with van der Waals surface area (Å²) in [6.45, 7) is 0. The molecule has 0 N–H and O–H groups in total. The van der Waals surface area contributed by atoms with E-state index in [0.29, 0.717) is 0 Å². The summed E-state index contributed by atoms with van der Waals surface area (Å²) in [6, 6.07) is 0. The molecule has 0 spiro atoms. The number of nitrogens with zero attached hydrogens (tertiary/aromatic N) is 1. The Kier molecular flexibility index (Phi) is 1.08. The van der Waals surface area contributed by atoms with Gasteiger partial charge in [0.05, 0.1) is 0 Å². The number of carbonyl (C=O) groups is 1. The normalized spacial score (nSPS) is 24.6. The van der Waals surface area contributed by atoms with Crippen LogP contribution < -0.4 is 0 Å². The maximum atomic E-state index is 10.3. The van der Waals surface area contributed by atoms with Crippen molar-refractivity contribution >= 4 is 44.0 Å². The van der Waals surface area contributed by atoms with Crippen LogP contribution in [0.1, 0.15) is 0 Å². The van der Waals surface area contributed by atoms with E-state index in [0.717, 1.165) is 0 Å². The molecule has 1 aliphatic rings. The molecule has 2 nitrogen and oxygen atoms in total. The summed E-state index contributed by atoms with van der Waals surface area (Å²) in [5.74, 6) is -0.174. The lowest BCUT2D eigenvalue weighted by Gasteiger charge is -2.16. The highest BCUT2D eigenvalue weighted by atomic mass is 79.9. The number of carbonyl (C=O) groups excluding carboxylic acids is 1. The quantitative estimate of drug-likeness (QED) is 0.569. The van der Waals surface area contributed by atoms with Crippen LogP contribution in [0, 0.1) is 0 Å². The van der Waals surface area contributed by atoms with Gasteiger partial charge in [-0.05, 0) is 0 Å². The number of alkyl halides is 2. The van der Waals surface area contributed by atoms with Crippen molar-refractivity contribution in [2.24, 2.45) is 4.99 Å². The van der Waals surface area contributed by atoms with E-state index < -0.39 is 3.23 Å². The van der Waals surface area contributed by atoms with Gasteiger partial charge < -0.3 is 0 Å². The average molecular weight is 227 g/mol. The third-order valence-electron chi connectivity index (χ3n) is 0.629. The molecule has 0 aliphatic carbocycles. The molecular weight excluding hydrogens is 226 g/mol. The van der Waals surface area contributed by atoms with Gasteiger partial charge in [0.2, 0.25) is 0 Å². The predicted octanol–water partition coefficient (Wildman–Crippen LogP) is 1.08. The van der Waals surface area contributed by atoms with Gasteiger partial charge in [0, 0.05) is 6.21 Å². The summed E-state index contributed by atoms with van der Waals surface area (Å²) in [6.07, 6.45) is 1.50. The molecular formula is C3HBr2NO. The van der Waals surface area contributed by atoms with Gasteiger partial charge in [-0.2, -0.15) is 0 Å². The average Bonchev–Trinajstić information content (AvgIpc) is 1.63. The molecule has 0 saturated carbocycles. The topological polar surface area (TPSA) is 29.4 Å². The second kappa shape index (κ2) is 1.39. The lowest BCUT2D eigenvalue weighted by Crippen LogP contribution is -2.33. The van der Waals surface area contributed by atoms with Crippen LogP contribution in [0.2, 0.25) is 0 Å². The molecule has 0 aromatic heterocycles. The summed E-state index contributed by atoms with van der Waals surface area (Å²) >= 11 is 6.09. The fourth-order valence-corrected chi connectivity index (χ4v) is 0.624. The van der Waals surface area contributed by atoms with Gasteiger partial charge in [-0.1, -0.05) is 31.9 Å². The summed E-state index contributed by atoms with van der Waals surface area (Å²) in [5, 5.41) is 0. The summed E-state index contributed by atoms with van der Waals surface area (Å²) in [5.41, 5.74) is 0. The molecule has 0 atom stereocenters. The molecule has 1 rings (SSSR count). The Morgan fingerprint density at radius 2 is 2.14 bits per heavy atom. The maximum absolute atomic E-state index is 10.3. The van der Waals surface area contributed by atoms with Crippen LogP contribution in [-0.4, -0.2) is 15.4 Å². The molecule has 0 fully saturated rings. The van der Waals surface area contributed by atoms with Crippen molar-refractivity contribution in [3.8, 4) is 0 Å². The number of rotatable bonds is 0. The van der Waals surface area contributed by atoms with E-state index in [1.165, 1.54) is 6.21 Å². The van der Waals surface area contributed by atoms with Gasteiger partial charge in [0.25, 0.3) is 5.91 Å². The molecule has 0 aromatic carbocycles. The first-order valence-corrected chi connectivity index (χ1v) is 3.19. The molecule has 0 saturated heterocycles. The van der Waals surface area contributed by atoms with E-state index in [-0.39, 0.29) is 5.91 Å². The van der Waals surface area contributed by atoms with Crippen molar-refractivity contribution in [2.45, 2.75) is 3.23 Å². The highest BCUT2D eigenvalue weighted by molar-refractivity contribution is 9.26. The first-order chi connectivity index (χ1) is 3.13. The lowest BCUT2D eigenvalue weighted by atomic mass is 10.3. The van der Waals surface area contributed by atoms with E-state index in [2.05, 4.69) is 36.9 Å². The molecule has 0 bridgehead atoms. The molecule has 0 aromatic rings. The van der Waals surface area contributed by atoms with Crippen LogP contribution in [0.4, 0.5) is 0 Å². The van der Waals surface area contributed by atoms with Gasteiger partial charge in [-0.15, -0.1) is 0 Å². The van der Waals surface area contributed by atoms with E-state index >= 15 is 0 Å². The minimum Gasteiger partial charge on any atom is -0.270 e. The number of amides is 1. The Bertz CT molecular complexity index is 140. The van der Waals surface area contributed by atoms with Crippen molar-refractivity contribution in [3.05, 3.63) is 0 Å². The second-order valence-corrected chi connectivity index (χ2v) is 4.75. The van der Waals surface area contributed by atoms with Crippen molar-refractivity contribution in [2.75, 3.05) is 0 Å². The Morgan fingerprint density at radius 1 is 1.71 bits per heavy atom. The van der Waals surface area contributed by atoms with E-state index in [1.54, 1.807) is 0 Å². The van der Waals surface area contributed by atoms with Crippen molar-refractivity contribution < 1.29 is 4.79 Å². The third kappa shape index (κ3) is 0.770. The van der Waals surface area contributed by atoms with Crippen molar-refractivity contribution in [1.82, 2.24) is 0 Å². The largest absolute Gasteiger partial charge is 0.278 e. The molecule has 1 aliphatic heterocycles. The van der Waals surface area contributed by atoms with Crippen LogP contribution in [0.3, 0.4) is 0 Å². The summed E-state index contributed by atoms with van der Waals surface area (Å²) in [7, 11) is 0. The maximum Gasteiger partial charge on any atom is 0.278 e. The lowest BCUT2D eigenvalue weighted by molar-refractivity contribution is -0.117. The van der Waals surface area contributed by atoms with E-state index in [1.807, 2.05) is 0 Å². The van der Waals surface area contributed by atoms with Crippen LogP contribution in [0.15, 0.2) is 4.99 Å². The second-order valence-electron chi connectivity index (χ2n) is 1.19. The zero-order valence-corrected chi connectivity index (χ0v) is 6.36. The van der Waals surface area contributed by atoms with Gasteiger partial charge in [0.15, 0.2) is 3.23 Å². The van der Waals surface area contributed by atoms with Crippen LogP contribution in [0.5, 0.6) is 0 Å². The van der Waals surface area contributed by atoms with E-state index in [9.17, 15) is 4.79 Å². The van der Waals surface area contributed by atoms with Gasteiger partial charge in [-0.3, -0.25) is 4.79 Å². The molecule has 1 heterocycles. The van der Waals surface area contributed by atoms with Crippen LogP contribution in [-0.2, 0) is 4.79 Å². The smallest absolute Gasteiger partial charge is 0.270 e. The monoisotopic (exact) mass is 225 g/mol. The highest BCUT2D eigenvalue weighted by Crippen LogP contribution is 2.30. The number of hydrogen-bond acceptors (Lipinski definition) is 1. The SMILES string of the molecule is O=C1N=CC1(Br)Br. The zero-order valence-electron chi connectivity index (χ0n) is 3.19. The minimum absolute atomic E-state index is 0.174. The van der Waals surface area contributed by atoms with Crippen LogP contribution >= 0.6 is 31.9 Å². The molecule has 4 heteroatoms. The summed E-state index contributed by atoms with van der Waals surface area (Å²) < 4.78 is -0.625. The van der Waals surface area contributed by atoms with Gasteiger partial charge in [0.1, 0.15) is 0 Å². The zero-order chi connectivity index (χ0) is 5.49. The Hall–Kier alpha value is 0.300. The Labute approximate surface area is 57.3 Å². The number of halogens is 2. The van der Waals surface area contributed by atoms with Crippen LogP contribution in [0.25, 0.3) is 0 Å². The van der Waals surface area contributed by atoms with Gasteiger partial charge in [-0.25, -0.2) is 4.99 Å². The van der Waals surface area contributed by atoms with E-state index in [4.69, 9.17) is 0 Å². The summed E-state index contributed by atoms with van der Waals surface area (Å²) in [4.78, 5) is 13.6. The molecule has 0 unspecified atom stereocenters. The first-order valence-electron chi connectivity index (χ1n) is 1.60. The molecule has 7 heavy (non-hydrogen) atoms. The highest BCUT2D eigenvalue weighted by Gasteiger charge is 2.36.